The van der Waals surface area contributed by atoms with E-state index < -0.39 is 5.41 Å². The second-order valence-electron chi connectivity index (χ2n) is 4.55. The second kappa shape index (κ2) is 4.04. The molecule has 1 aliphatic heterocycles. The number of aliphatic hydroxyl groups excluding tert-OH is 1. The molecule has 0 saturated carbocycles. The lowest BCUT2D eigenvalue weighted by molar-refractivity contribution is -0.122. The van der Waals surface area contributed by atoms with E-state index in [1.54, 1.807) is 19.1 Å². The highest BCUT2D eigenvalue weighted by Crippen LogP contribution is 2.44. The van der Waals surface area contributed by atoms with Gasteiger partial charge in [-0.1, -0.05) is 0 Å². The average Bonchev–Trinajstić information content (AvgIpc) is 2.52. The number of rotatable bonds is 3. The van der Waals surface area contributed by atoms with E-state index in [0.717, 1.165) is 17.0 Å². The van der Waals surface area contributed by atoms with Gasteiger partial charge < -0.3 is 14.7 Å². The Morgan fingerprint density at radius 2 is 2.18 bits per heavy atom. The molecular weight excluding hydrogens is 218 g/mol. The number of fused-ring (bicyclic) bond motifs is 1. The molecule has 17 heavy (non-hydrogen) atoms. The average molecular weight is 235 g/mol. The van der Waals surface area contributed by atoms with Gasteiger partial charge in [-0.3, -0.25) is 4.79 Å². The number of carbonyl (C=O) groups is 1. The van der Waals surface area contributed by atoms with Crippen LogP contribution < -0.4 is 9.64 Å². The van der Waals surface area contributed by atoms with Crippen LogP contribution in [0.1, 0.15) is 18.9 Å². The highest BCUT2D eigenvalue weighted by Gasteiger charge is 2.45. The fourth-order valence-corrected chi connectivity index (χ4v) is 2.44. The molecule has 1 aliphatic rings. The standard InChI is InChI=1S/C13H17NO3/c1-13(6-7-15)10-8-9(17-3)4-5-11(10)14(2)12(13)16/h4-5,8,15H,6-7H2,1-3H3. The minimum absolute atomic E-state index is 0.00721. The fourth-order valence-electron chi connectivity index (χ4n) is 2.44. The van der Waals surface area contributed by atoms with Gasteiger partial charge in [-0.15, -0.1) is 0 Å². The van der Waals surface area contributed by atoms with Gasteiger partial charge in [0.15, 0.2) is 0 Å². The summed E-state index contributed by atoms with van der Waals surface area (Å²) in [5, 5.41) is 9.15. The molecule has 0 radical (unpaired) electrons. The number of hydrogen-bond acceptors (Lipinski definition) is 3. The van der Waals surface area contributed by atoms with Crippen molar-refractivity contribution in [2.24, 2.45) is 0 Å². The number of carbonyl (C=O) groups excluding carboxylic acids is 1. The van der Waals surface area contributed by atoms with E-state index in [9.17, 15) is 4.79 Å². The van der Waals surface area contributed by atoms with E-state index in [4.69, 9.17) is 9.84 Å². The summed E-state index contributed by atoms with van der Waals surface area (Å²) in [6.45, 7) is 1.86. The summed E-state index contributed by atoms with van der Waals surface area (Å²) in [4.78, 5) is 13.9. The molecule has 4 nitrogen and oxygen atoms in total. The Kier molecular flexibility index (Phi) is 2.83. The molecule has 0 aromatic heterocycles. The molecule has 0 fully saturated rings. The van der Waals surface area contributed by atoms with Crippen molar-refractivity contribution in [3.63, 3.8) is 0 Å². The van der Waals surface area contributed by atoms with Gasteiger partial charge in [0, 0.05) is 19.3 Å². The zero-order valence-electron chi connectivity index (χ0n) is 10.4. The molecule has 0 aliphatic carbocycles. The summed E-state index contributed by atoms with van der Waals surface area (Å²) in [5.41, 5.74) is 1.18. The molecule has 1 atom stereocenters. The Morgan fingerprint density at radius 3 is 2.76 bits per heavy atom. The summed E-state index contributed by atoms with van der Waals surface area (Å²) in [7, 11) is 3.36. The van der Waals surface area contributed by atoms with E-state index in [0.29, 0.717) is 6.42 Å². The van der Waals surface area contributed by atoms with Crippen molar-refractivity contribution < 1.29 is 14.6 Å². The van der Waals surface area contributed by atoms with Crippen LogP contribution in [0.4, 0.5) is 5.69 Å². The summed E-state index contributed by atoms with van der Waals surface area (Å²) in [6.07, 6.45) is 0.427. The van der Waals surface area contributed by atoms with E-state index in [-0.39, 0.29) is 12.5 Å². The third-order valence-electron chi connectivity index (χ3n) is 3.55. The van der Waals surface area contributed by atoms with Gasteiger partial charge in [0.25, 0.3) is 0 Å². The Bertz CT molecular complexity index is 458. The van der Waals surface area contributed by atoms with E-state index >= 15 is 0 Å². The van der Waals surface area contributed by atoms with Gasteiger partial charge in [0.05, 0.1) is 12.5 Å². The molecule has 1 N–H and O–H groups in total. The largest absolute Gasteiger partial charge is 0.497 e. The Hall–Kier alpha value is -1.55. The number of amides is 1. The monoisotopic (exact) mass is 235 g/mol. The maximum atomic E-state index is 12.2. The second-order valence-corrected chi connectivity index (χ2v) is 4.55. The molecule has 0 bridgehead atoms. The SMILES string of the molecule is COc1ccc2c(c1)C(C)(CCO)C(=O)N2C. The van der Waals surface area contributed by atoms with Gasteiger partial charge >= 0.3 is 0 Å². The molecular formula is C13H17NO3. The van der Waals surface area contributed by atoms with Crippen molar-refractivity contribution in [3.8, 4) is 5.75 Å². The van der Waals surface area contributed by atoms with Crippen molar-refractivity contribution in [2.75, 3.05) is 25.7 Å². The number of methoxy groups -OCH3 is 1. The quantitative estimate of drug-likeness (QED) is 0.859. The van der Waals surface area contributed by atoms with Gasteiger partial charge in [-0.2, -0.15) is 0 Å². The van der Waals surface area contributed by atoms with Crippen LogP contribution in [-0.4, -0.2) is 31.8 Å². The lowest BCUT2D eigenvalue weighted by Crippen LogP contribution is -2.36. The first-order valence-electron chi connectivity index (χ1n) is 5.62. The zero-order chi connectivity index (χ0) is 12.6. The first kappa shape index (κ1) is 11.9. The van der Waals surface area contributed by atoms with E-state index in [1.165, 1.54) is 0 Å². The van der Waals surface area contributed by atoms with Crippen LogP contribution in [-0.2, 0) is 10.2 Å². The molecule has 1 heterocycles. The summed E-state index contributed by atoms with van der Waals surface area (Å²) >= 11 is 0. The Labute approximate surface area is 101 Å². The van der Waals surface area contributed by atoms with Crippen molar-refractivity contribution in [2.45, 2.75) is 18.8 Å². The number of likely N-dealkylation sites (N-methyl/N-ethyl adjacent to an activating group) is 1. The molecule has 2 rings (SSSR count). The van der Waals surface area contributed by atoms with Crippen LogP contribution in [0, 0.1) is 0 Å². The normalized spacial score (nSPS) is 22.8. The number of benzene rings is 1. The van der Waals surface area contributed by atoms with Crippen molar-refractivity contribution in [1.82, 2.24) is 0 Å². The van der Waals surface area contributed by atoms with Gasteiger partial charge in [-0.25, -0.2) is 0 Å². The molecule has 1 aromatic carbocycles. The predicted molar refractivity (Wildman–Crippen MR) is 65.5 cm³/mol. The topological polar surface area (TPSA) is 49.8 Å². The molecule has 1 unspecified atom stereocenters. The fraction of sp³-hybridized carbons (Fsp3) is 0.462. The molecule has 0 spiro atoms. The van der Waals surface area contributed by atoms with Crippen LogP contribution in [0.25, 0.3) is 0 Å². The summed E-state index contributed by atoms with van der Waals surface area (Å²) in [5.74, 6) is 0.755. The Balaban J connectivity index is 2.57. The van der Waals surface area contributed by atoms with E-state index in [2.05, 4.69) is 0 Å². The maximum absolute atomic E-state index is 12.2. The molecule has 92 valence electrons. The third-order valence-corrected chi connectivity index (χ3v) is 3.55. The van der Waals surface area contributed by atoms with Gasteiger partial charge in [0.1, 0.15) is 5.75 Å². The Morgan fingerprint density at radius 1 is 1.47 bits per heavy atom. The summed E-state index contributed by atoms with van der Waals surface area (Å²) in [6, 6.07) is 5.61. The van der Waals surface area contributed by atoms with Crippen molar-refractivity contribution >= 4 is 11.6 Å². The number of aliphatic hydroxyl groups is 1. The highest BCUT2D eigenvalue weighted by molar-refractivity contribution is 6.07. The molecule has 4 heteroatoms. The van der Waals surface area contributed by atoms with Crippen LogP contribution in [0.3, 0.4) is 0 Å². The summed E-state index contributed by atoms with van der Waals surface area (Å²) < 4.78 is 5.19. The molecule has 0 saturated heterocycles. The van der Waals surface area contributed by atoms with Crippen molar-refractivity contribution in [3.05, 3.63) is 23.8 Å². The first-order chi connectivity index (χ1) is 8.04. The minimum Gasteiger partial charge on any atom is -0.497 e. The van der Waals surface area contributed by atoms with Gasteiger partial charge in [-0.05, 0) is 37.1 Å². The lowest BCUT2D eigenvalue weighted by atomic mass is 9.81. The maximum Gasteiger partial charge on any atom is 0.237 e. The van der Waals surface area contributed by atoms with Crippen LogP contribution in [0.2, 0.25) is 0 Å². The third kappa shape index (κ3) is 1.60. The van der Waals surface area contributed by atoms with Crippen LogP contribution in [0.5, 0.6) is 5.75 Å². The molecule has 1 amide bonds. The van der Waals surface area contributed by atoms with Crippen LogP contribution >= 0.6 is 0 Å². The number of nitrogens with zero attached hydrogens (tertiary/aromatic N) is 1. The number of hydrogen-bond donors (Lipinski definition) is 1. The minimum atomic E-state index is -0.645. The number of anilines is 1. The highest BCUT2D eigenvalue weighted by atomic mass is 16.5. The lowest BCUT2D eigenvalue weighted by Gasteiger charge is -2.22. The van der Waals surface area contributed by atoms with Gasteiger partial charge in [0.2, 0.25) is 5.91 Å². The van der Waals surface area contributed by atoms with Crippen LogP contribution in [0.15, 0.2) is 18.2 Å². The zero-order valence-corrected chi connectivity index (χ0v) is 10.4. The van der Waals surface area contributed by atoms with E-state index in [1.807, 2.05) is 25.1 Å². The number of ether oxygens (including phenoxy) is 1. The van der Waals surface area contributed by atoms with Crippen molar-refractivity contribution in [1.29, 1.82) is 0 Å². The molecule has 1 aromatic rings. The predicted octanol–water partition coefficient (Wildman–Crippen LogP) is 1.31. The smallest absolute Gasteiger partial charge is 0.237 e. The first-order valence-corrected chi connectivity index (χ1v) is 5.62.